The highest BCUT2D eigenvalue weighted by Gasteiger charge is 2.30. The van der Waals surface area contributed by atoms with Crippen molar-refractivity contribution < 1.29 is 9.53 Å². The van der Waals surface area contributed by atoms with Crippen LogP contribution in [0.5, 0.6) is 0 Å². The number of ether oxygens (including phenoxy) is 1. The Bertz CT molecular complexity index is 376. The van der Waals surface area contributed by atoms with Gasteiger partial charge in [0.15, 0.2) is 0 Å². The van der Waals surface area contributed by atoms with Crippen molar-refractivity contribution in [1.29, 1.82) is 0 Å². The van der Waals surface area contributed by atoms with Crippen molar-refractivity contribution in [3.63, 3.8) is 0 Å². The molecule has 0 radical (unpaired) electrons. The molecule has 1 aromatic carbocycles. The Morgan fingerprint density at radius 2 is 2.20 bits per heavy atom. The Hall–Kier alpha value is -1.51. The third-order valence-corrected chi connectivity index (χ3v) is 2.95. The predicted molar refractivity (Wildman–Crippen MR) is 58.7 cm³/mol. The fourth-order valence-corrected chi connectivity index (χ4v) is 2.04. The van der Waals surface area contributed by atoms with Crippen molar-refractivity contribution in [3.8, 4) is 0 Å². The van der Waals surface area contributed by atoms with Gasteiger partial charge in [0.25, 0.3) is 0 Å². The van der Waals surface area contributed by atoms with Crippen molar-refractivity contribution in [3.05, 3.63) is 29.8 Å². The zero-order valence-corrected chi connectivity index (χ0v) is 8.99. The van der Waals surface area contributed by atoms with Gasteiger partial charge in [-0.1, -0.05) is 18.2 Å². The SMILES string of the molecule is COC(=O)[C@H]1Cc2ccccc2N[C@H]1C. The number of hydrogen-bond donors (Lipinski definition) is 1. The van der Waals surface area contributed by atoms with Gasteiger partial charge in [-0.3, -0.25) is 4.79 Å². The molecule has 0 unspecified atom stereocenters. The first-order valence-electron chi connectivity index (χ1n) is 5.14. The van der Waals surface area contributed by atoms with Crippen molar-refractivity contribution in [1.82, 2.24) is 0 Å². The van der Waals surface area contributed by atoms with E-state index in [1.165, 1.54) is 12.7 Å². The predicted octanol–water partition coefficient (Wildman–Crippen LogP) is 1.83. The first-order chi connectivity index (χ1) is 7.22. The maximum Gasteiger partial charge on any atom is 0.311 e. The molecule has 0 amide bonds. The minimum atomic E-state index is -0.135. The lowest BCUT2D eigenvalue weighted by Crippen LogP contribution is -2.38. The molecule has 1 aliphatic rings. The van der Waals surface area contributed by atoms with Gasteiger partial charge in [0.1, 0.15) is 0 Å². The lowest BCUT2D eigenvalue weighted by Gasteiger charge is -2.30. The van der Waals surface area contributed by atoms with E-state index in [2.05, 4.69) is 5.32 Å². The van der Waals surface area contributed by atoms with E-state index in [-0.39, 0.29) is 17.9 Å². The molecule has 0 saturated carbocycles. The average molecular weight is 205 g/mol. The number of para-hydroxylation sites is 1. The molecule has 0 aliphatic carbocycles. The van der Waals surface area contributed by atoms with Crippen LogP contribution in [0, 0.1) is 5.92 Å². The Balaban J connectivity index is 2.25. The molecule has 15 heavy (non-hydrogen) atoms. The first-order valence-corrected chi connectivity index (χ1v) is 5.14. The van der Waals surface area contributed by atoms with Gasteiger partial charge in [0.05, 0.1) is 13.0 Å². The van der Waals surface area contributed by atoms with Gasteiger partial charge >= 0.3 is 5.97 Å². The fourth-order valence-electron chi connectivity index (χ4n) is 2.04. The van der Waals surface area contributed by atoms with Crippen LogP contribution in [0.25, 0.3) is 0 Å². The van der Waals surface area contributed by atoms with Gasteiger partial charge in [-0.05, 0) is 25.0 Å². The number of hydrogen-bond acceptors (Lipinski definition) is 3. The molecular weight excluding hydrogens is 190 g/mol. The van der Waals surface area contributed by atoms with Gasteiger partial charge < -0.3 is 10.1 Å². The molecule has 1 heterocycles. The number of nitrogens with one attached hydrogen (secondary N) is 1. The Morgan fingerprint density at radius 1 is 1.47 bits per heavy atom. The van der Waals surface area contributed by atoms with Crippen molar-refractivity contribution in [2.45, 2.75) is 19.4 Å². The maximum absolute atomic E-state index is 11.5. The van der Waals surface area contributed by atoms with Crippen LogP contribution in [-0.2, 0) is 16.0 Å². The molecule has 1 aliphatic heterocycles. The number of carbonyl (C=O) groups is 1. The molecule has 0 spiro atoms. The second-order valence-electron chi connectivity index (χ2n) is 3.92. The zero-order chi connectivity index (χ0) is 10.8. The van der Waals surface area contributed by atoms with E-state index in [1.807, 2.05) is 31.2 Å². The molecule has 2 atom stereocenters. The molecule has 80 valence electrons. The minimum absolute atomic E-state index is 0.0788. The number of rotatable bonds is 1. The minimum Gasteiger partial charge on any atom is -0.469 e. The standard InChI is InChI=1S/C12H15NO2/c1-8-10(12(14)15-2)7-9-5-3-4-6-11(9)13-8/h3-6,8,10,13H,7H2,1-2H3/t8-,10-/m0/s1. The van der Waals surface area contributed by atoms with Crippen LogP contribution in [0.4, 0.5) is 5.69 Å². The summed E-state index contributed by atoms with van der Waals surface area (Å²) in [6.45, 7) is 2.01. The second kappa shape index (κ2) is 3.93. The highest BCUT2D eigenvalue weighted by Crippen LogP contribution is 2.28. The Morgan fingerprint density at radius 3 is 2.93 bits per heavy atom. The summed E-state index contributed by atoms with van der Waals surface area (Å²) >= 11 is 0. The largest absolute Gasteiger partial charge is 0.469 e. The number of anilines is 1. The number of methoxy groups -OCH3 is 1. The number of carbonyl (C=O) groups excluding carboxylic acids is 1. The monoisotopic (exact) mass is 205 g/mol. The third kappa shape index (κ3) is 1.82. The normalized spacial score (nSPS) is 23.9. The summed E-state index contributed by atoms with van der Waals surface area (Å²) in [5.41, 5.74) is 2.32. The molecule has 1 N–H and O–H groups in total. The summed E-state index contributed by atoms with van der Waals surface area (Å²) in [5.74, 6) is -0.214. The third-order valence-electron chi connectivity index (χ3n) is 2.95. The van der Waals surface area contributed by atoms with Gasteiger partial charge in [-0.2, -0.15) is 0 Å². The van der Waals surface area contributed by atoms with Crippen LogP contribution in [0.1, 0.15) is 12.5 Å². The Kier molecular flexibility index (Phi) is 2.62. The highest BCUT2D eigenvalue weighted by molar-refractivity contribution is 5.76. The van der Waals surface area contributed by atoms with Crippen molar-refractivity contribution in [2.75, 3.05) is 12.4 Å². The topological polar surface area (TPSA) is 38.3 Å². The summed E-state index contributed by atoms with van der Waals surface area (Å²) in [5, 5.41) is 3.32. The molecule has 3 nitrogen and oxygen atoms in total. The van der Waals surface area contributed by atoms with E-state index in [0.29, 0.717) is 0 Å². The van der Waals surface area contributed by atoms with Gasteiger partial charge in [-0.25, -0.2) is 0 Å². The summed E-state index contributed by atoms with van der Waals surface area (Å²) in [6.07, 6.45) is 0.761. The van der Waals surface area contributed by atoms with E-state index in [0.717, 1.165) is 12.1 Å². The van der Waals surface area contributed by atoms with Crippen LogP contribution in [0.2, 0.25) is 0 Å². The van der Waals surface area contributed by atoms with Crippen molar-refractivity contribution in [2.24, 2.45) is 5.92 Å². The average Bonchev–Trinajstić information content (AvgIpc) is 2.27. The molecule has 3 heteroatoms. The van der Waals surface area contributed by atoms with Gasteiger partial charge in [0, 0.05) is 11.7 Å². The summed E-state index contributed by atoms with van der Waals surface area (Å²) in [7, 11) is 1.44. The number of benzene rings is 1. The Labute approximate surface area is 89.4 Å². The lowest BCUT2D eigenvalue weighted by molar-refractivity contribution is -0.145. The molecule has 0 aromatic heterocycles. The van der Waals surface area contributed by atoms with Crippen LogP contribution in [0.15, 0.2) is 24.3 Å². The lowest BCUT2D eigenvalue weighted by atomic mass is 9.88. The van der Waals surface area contributed by atoms with Crippen molar-refractivity contribution >= 4 is 11.7 Å². The van der Waals surface area contributed by atoms with Crippen LogP contribution < -0.4 is 5.32 Å². The van der Waals surface area contributed by atoms with E-state index >= 15 is 0 Å². The van der Waals surface area contributed by atoms with Gasteiger partial charge in [0.2, 0.25) is 0 Å². The quantitative estimate of drug-likeness (QED) is 0.711. The summed E-state index contributed by atoms with van der Waals surface area (Å²) in [4.78, 5) is 11.5. The molecule has 1 aromatic rings. The second-order valence-corrected chi connectivity index (χ2v) is 3.92. The molecule has 0 bridgehead atoms. The van der Waals surface area contributed by atoms with Crippen LogP contribution in [-0.4, -0.2) is 19.1 Å². The van der Waals surface area contributed by atoms with E-state index in [9.17, 15) is 4.79 Å². The number of fused-ring (bicyclic) bond motifs is 1. The fraction of sp³-hybridized carbons (Fsp3) is 0.417. The summed E-state index contributed by atoms with van der Waals surface area (Å²) in [6, 6.07) is 8.21. The zero-order valence-electron chi connectivity index (χ0n) is 8.99. The summed E-state index contributed by atoms with van der Waals surface area (Å²) < 4.78 is 4.80. The molecule has 2 rings (SSSR count). The first kappa shape index (κ1) is 10.0. The van der Waals surface area contributed by atoms with Crippen LogP contribution >= 0.6 is 0 Å². The number of esters is 1. The van der Waals surface area contributed by atoms with E-state index in [4.69, 9.17) is 4.74 Å². The van der Waals surface area contributed by atoms with E-state index < -0.39 is 0 Å². The maximum atomic E-state index is 11.5. The van der Waals surface area contributed by atoms with Gasteiger partial charge in [-0.15, -0.1) is 0 Å². The molecule has 0 saturated heterocycles. The molecule has 0 fully saturated rings. The smallest absolute Gasteiger partial charge is 0.311 e. The highest BCUT2D eigenvalue weighted by atomic mass is 16.5. The molecular formula is C12H15NO2. The van der Waals surface area contributed by atoms with Crippen LogP contribution in [0.3, 0.4) is 0 Å². The van der Waals surface area contributed by atoms with E-state index in [1.54, 1.807) is 0 Å².